The Morgan fingerprint density at radius 3 is 2.83 bits per heavy atom. The molecule has 0 fully saturated rings. The van der Waals surface area contributed by atoms with Crippen LogP contribution in [0.5, 0.6) is 0 Å². The molecule has 0 aliphatic carbocycles. The molecular weight excluding hydrogens is 226 g/mol. The monoisotopic (exact) mass is 243 g/mol. The van der Waals surface area contributed by atoms with Gasteiger partial charge in [-0.15, -0.1) is 0 Å². The molecule has 2 rings (SSSR count). The number of carbonyl (C=O) groups excluding carboxylic acids is 1. The average Bonchev–Trinajstić information content (AvgIpc) is 2.43. The van der Waals surface area contributed by atoms with Crippen LogP contribution in [0.4, 0.5) is 0 Å². The highest BCUT2D eigenvalue weighted by Crippen LogP contribution is 2.20. The van der Waals surface area contributed by atoms with E-state index in [2.05, 4.69) is 11.9 Å². The predicted octanol–water partition coefficient (Wildman–Crippen LogP) is 3.36. The zero-order valence-electron chi connectivity index (χ0n) is 10.8. The van der Waals surface area contributed by atoms with Gasteiger partial charge >= 0.3 is 5.97 Å². The molecule has 2 aromatic rings. The molecule has 0 saturated heterocycles. The lowest BCUT2D eigenvalue weighted by Gasteiger charge is -2.08. The van der Waals surface area contributed by atoms with E-state index in [4.69, 9.17) is 4.74 Å². The van der Waals surface area contributed by atoms with E-state index in [0.717, 1.165) is 35.7 Å². The van der Waals surface area contributed by atoms with Crippen LogP contribution in [0.1, 0.15) is 35.9 Å². The van der Waals surface area contributed by atoms with Crippen molar-refractivity contribution in [3.8, 4) is 0 Å². The highest BCUT2D eigenvalue weighted by Gasteiger charge is 2.11. The second-order valence-corrected chi connectivity index (χ2v) is 4.27. The molecule has 1 aromatic heterocycles. The third-order valence-electron chi connectivity index (χ3n) is 2.98. The van der Waals surface area contributed by atoms with Gasteiger partial charge in [0.1, 0.15) is 5.69 Å². The van der Waals surface area contributed by atoms with Crippen molar-refractivity contribution in [3.63, 3.8) is 0 Å². The number of nitrogens with zero attached hydrogens (tertiary/aromatic N) is 1. The van der Waals surface area contributed by atoms with Crippen molar-refractivity contribution in [3.05, 3.63) is 41.7 Å². The third kappa shape index (κ3) is 2.50. The lowest BCUT2D eigenvalue weighted by Crippen LogP contribution is -2.06. The Labute approximate surface area is 107 Å². The van der Waals surface area contributed by atoms with Crippen LogP contribution in [-0.2, 0) is 11.2 Å². The van der Waals surface area contributed by atoms with Crippen molar-refractivity contribution in [1.82, 2.24) is 4.98 Å². The minimum Gasteiger partial charge on any atom is -0.464 e. The quantitative estimate of drug-likeness (QED) is 0.773. The zero-order valence-corrected chi connectivity index (χ0v) is 10.8. The lowest BCUT2D eigenvalue weighted by atomic mass is 10.0. The molecule has 0 atom stereocenters. The fraction of sp³-hybridized carbons (Fsp3) is 0.333. The SMILES string of the molecule is CCCCc1nc(C(=O)OC)cc2ccccc12. The van der Waals surface area contributed by atoms with Gasteiger partial charge in [0.2, 0.25) is 0 Å². The molecule has 0 radical (unpaired) electrons. The molecule has 3 nitrogen and oxygen atoms in total. The van der Waals surface area contributed by atoms with Crippen LogP contribution >= 0.6 is 0 Å². The number of pyridine rings is 1. The Hall–Kier alpha value is -1.90. The van der Waals surface area contributed by atoms with E-state index in [9.17, 15) is 4.79 Å². The number of hydrogen-bond donors (Lipinski definition) is 0. The summed E-state index contributed by atoms with van der Waals surface area (Å²) in [5, 5.41) is 2.16. The van der Waals surface area contributed by atoms with Crippen LogP contribution in [0, 0.1) is 0 Å². The first kappa shape index (κ1) is 12.6. The number of unbranched alkanes of at least 4 members (excludes halogenated alkanes) is 1. The van der Waals surface area contributed by atoms with Gasteiger partial charge in [0.25, 0.3) is 0 Å². The maximum absolute atomic E-state index is 11.6. The summed E-state index contributed by atoms with van der Waals surface area (Å²) in [5.74, 6) is -0.376. The Kier molecular flexibility index (Phi) is 3.92. The molecule has 1 heterocycles. The normalized spacial score (nSPS) is 10.6. The molecular formula is C15H17NO2. The number of benzene rings is 1. The Morgan fingerprint density at radius 2 is 2.11 bits per heavy atom. The van der Waals surface area contributed by atoms with Gasteiger partial charge in [-0.05, 0) is 24.3 Å². The van der Waals surface area contributed by atoms with E-state index in [1.165, 1.54) is 7.11 Å². The number of fused-ring (bicyclic) bond motifs is 1. The molecule has 0 bridgehead atoms. The fourth-order valence-corrected chi connectivity index (χ4v) is 2.01. The minimum atomic E-state index is -0.376. The highest BCUT2D eigenvalue weighted by molar-refractivity contribution is 5.94. The second-order valence-electron chi connectivity index (χ2n) is 4.27. The molecule has 0 spiro atoms. The molecule has 0 amide bonds. The first-order valence-corrected chi connectivity index (χ1v) is 6.23. The van der Waals surface area contributed by atoms with Crippen molar-refractivity contribution in [2.75, 3.05) is 7.11 Å². The first-order chi connectivity index (χ1) is 8.76. The van der Waals surface area contributed by atoms with Crippen LogP contribution in [0.15, 0.2) is 30.3 Å². The average molecular weight is 243 g/mol. The van der Waals surface area contributed by atoms with Crippen LogP contribution in [0.3, 0.4) is 0 Å². The van der Waals surface area contributed by atoms with Crippen molar-refractivity contribution < 1.29 is 9.53 Å². The minimum absolute atomic E-state index is 0.376. The topological polar surface area (TPSA) is 39.2 Å². The standard InChI is InChI=1S/C15H17NO2/c1-3-4-9-13-12-8-6-5-7-11(12)10-14(16-13)15(17)18-2/h5-8,10H,3-4,9H2,1-2H3. The van der Waals surface area contributed by atoms with E-state index < -0.39 is 0 Å². The highest BCUT2D eigenvalue weighted by atomic mass is 16.5. The second kappa shape index (κ2) is 5.63. The molecule has 0 aliphatic heterocycles. The summed E-state index contributed by atoms with van der Waals surface area (Å²) in [6.07, 6.45) is 3.07. The number of aromatic nitrogens is 1. The van der Waals surface area contributed by atoms with E-state index in [-0.39, 0.29) is 5.97 Å². The van der Waals surface area contributed by atoms with Crippen LogP contribution in [-0.4, -0.2) is 18.1 Å². The number of hydrogen-bond acceptors (Lipinski definition) is 3. The van der Waals surface area contributed by atoms with E-state index in [0.29, 0.717) is 5.69 Å². The van der Waals surface area contributed by atoms with Gasteiger partial charge in [0.05, 0.1) is 7.11 Å². The molecule has 0 aliphatic rings. The zero-order chi connectivity index (χ0) is 13.0. The maximum Gasteiger partial charge on any atom is 0.356 e. The maximum atomic E-state index is 11.6. The van der Waals surface area contributed by atoms with Gasteiger partial charge in [-0.2, -0.15) is 0 Å². The summed E-state index contributed by atoms with van der Waals surface area (Å²) in [7, 11) is 1.38. The number of esters is 1. The Morgan fingerprint density at radius 1 is 1.33 bits per heavy atom. The van der Waals surface area contributed by atoms with Gasteiger partial charge in [-0.25, -0.2) is 9.78 Å². The van der Waals surface area contributed by atoms with Crippen molar-refractivity contribution in [1.29, 1.82) is 0 Å². The van der Waals surface area contributed by atoms with Crippen LogP contribution in [0.2, 0.25) is 0 Å². The van der Waals surface area contributed by atoms with E-state index in [1.807, 2.05) is 24.3 Å². The summed E-state index contributed by atoms with van der Waals surface area (Å²) >= 11 is 0. The summed E-state index contributed by atoms with van der Waals surface area (Å²) < 4.78 is 4.74. The largest absolute Gasteiger partial charge is 0.464 e. The van der Waals surface area contributed by atoms with E-state index in [1.54, 1.807) is 6.07 Å². The predicted molar refractivity (Wildman–Crippen MR) is 71.7 cm³/mol. The first-order valence-electron chi connectivity index (χ1n) is 6.23. The van der Waals surface area contributed by atoms with Crippen molar-refractivity contribution >= 4 is 16.7 Å². The molecule has 3 heteroatoms. The molecule has 0 saturated carbocycles. The van der Waals surface area contributed by atoms with Crippen molar-refractivity contribution in [2.45, 2.75) is 26.2 Å². The van der Waals surface area contributed by atoms with Gasteiger partial charge < -0.3 is 4.74 Å². The van der Waals surface area contributed by atoms with Gasteiger partial charge in [0, 0.05) is 11.1 Å². The summed E-state index contributed by atoms with van der Waals surface area (Å²) in [4.78, 5) is 16.0. The summed E-state index contributed by atoms with van der Waals surface area (Å²) in [6.45, 7) is 2.15. The fourth-order valence-electron chi connectivity index (χ4n) is 2.01. The molecule has 0 N–H and O–H groups in total. The van der Waals surface area contributed by atoms with Gasteiger partial charge in [-0.1, -0.05) is 37.6 Å². The molecule has 1 aromatic carbocycles. The Bertz CT molecular complexity index is 563. The van der Waals surface area contributed by atoms with Crippen molar-refractivity contribution in [2.24, 2.45) is 0 Å². The number of carbonyl (C=O) groups is 1. The molecule has 94 valence electrons. The molecule has 18 heavy (non-hydrogen) atoms. The number of rotatable bonds is 4. The third-order valence-corrected chi connectivity index (χ3v) is 2.98. The smallest absolute Gasteiger partial charge is 0.356 e. The van der Waals surface area contributed by atoms with Crippen LogP contribution < -0.4 is 0 Å². The van der Waals surface area contributed by atoms with Gasteiger partial charge in [-0.3, -0.25) is 0 Å². The number of aryl methyl sites for hydroxylation is 1. The number of methoxy groups -OCH3 is 1. The van der Waals surface area contributed by atoms with Gasteiger partial charge in [0.15, 0.2) is 0 Å². The number of ether oxygens (including phenoxy) is 1. The Balaban J connectivity index is 2.53. The molecule has 0 unspecified atom stereocenters. The summed E-state index contributed by atoms with van der Waals surface area (Å²) in [6, 6.07) is 9.80. The van der Waals surface area contributed by atoms with E-state index >= 15 is 0 Å². The lowest BCUT2D eigenvalue weighted by molar-refractivity contribution is 0.0594. The van der Waals surface area contributed by atoms with Crippen LogP contribution in [0.25, 0.3) is 10.8 Å². The summed E-state index contributed by atoms with van der Waals surface area (Å²) in [5.41, 5.74) is 1.37.